The molecule has 0 spiro atoms. The van der Waals surface area contributed by atoms with E-state index in [0.29, 0.717) is 71.5 Å². The number of hydrogen-bond acceptors (Lipinski definition) is 5. The highest BCUT2D eigenvalue weighted by Crippen LogP contribution is 2.50. The van der Waals surface area contributed by atoms with Crippen molar-refractivity contribution in [2.24, 2.45) is 0 Å². The first-order valence-electron chi connectivity index (χ1n) is 11.3. The maximum Gasteiger partial charge on any atom is 0.180 e. The van der Waals surface area contributed by atoms with Gasteiger partial charge in [0.15, 0.2) is 23.1 Å². The number of allylic oxidation sites excluding steroid dienone is 4. The summed E-state index contributed by atoms with van der Waals surface area (Å²) >= 11 is 6.68. The molecule has 1 aliphatic heterocycles. The molecule has 2 aromatic rings. The zero-order valence-electron chi connectivity index (χ0n) is 18.5. The first-order chi connectivity index (χ1) is 16.1. The van der Waals surface area contributed by atoms with Gasteiger partial charge >= 0.3 is 0 Å². The van der Waals surface area contributed by atoms with Crippen molar-refractivity contribution in [1.82, 2.24) is 0 Å². The topological polar surface area (TPSA) is 61.8 Å². The minimum Gasteiger partial charge on any atom is -0.493 e. The Morgan fingerprint density at radius 3 is 2.18 bits per heavy atom. The predicted octanol–water partition coefficient (Wildman–Crippen LogP) is 6.06. The average molecular weight is 465 g/mol. The number of methoxy groups -OCH3 is 1. The number of rotatable bonds is 5. The molecular formula is C27H25ClO5. The molecule has 0 saturated heterocycles. The van der Waals surface area contributed by atoms with Crippen molar-refractivity contribution in [2.75, 3.05) is 7.11 Å². The maximum atomic E-state index is 13.0. The largest absolute Gasteiger partial charge is 0.493 e. The Morgan fingerprint density at radius 1 is 0.939 bits per heavy atom. The molecule has 0 bridgehead atoms. The first kappa shape index (κ1) is 21.8. The highest BCUT2D eigenvalue weighted by Gasteiger charge is 2.42. The van der Waals surface area contributed by atoms with Crippen LogP contribution in [0.4, 0.5) is 0 Å². The number of benzene rings is 2. The summed E-state index contributed by atoms with van der Waals surface area (Å²) in [5.41, 5.74) is 2.93. The predicted molar refractivity (Wildman–Crippen MR) is 124 cm³/mol. The summed E-state index contributed by atoms with van der Waals surface area (Å²) in [6.45, 7) is 0.342. The van der Waals surface area contributed by atoms with Gasteiger partial charge in [-0.3, -0.25) is 9.59 Å². The smallest absolute Gasteiger partial charge is 0.180 e. The molecule has 0 unspecified atom stereocenters. The standard InChI is InChI=1S/C27H25ClO5/c1-31-23-14-17(13-18(28)27(23)32-15-16-7-3-2-4-8-16)24-25-19(29)9-5-11-21(25)33-22-12-6-10-20(30)26(22)24/h2-4,7-8,13-14,24H,5-6,9-12,15H2,1H3. The van der Waals surface area contributed by atoms with Gasteiger partial charge in [0, 0.05) is 42.7 Å². The number of ether oxygens (including phenoxy) is 3. The number of carbonyl (C=O) groups excluding carboxylic acids is 2. The van der Waals surface area contributed by atoms with Gasteiger partial charge in [0.1, 0.15) is 18.1 Å². The second-order valence-corrected chi connectivity index (χ2v) is 8.98. The average Bonchev–Trinajstić information content (AvgIpc) is 2.82. The van der Waals surface area contributed by atoms with Gasteiger partial charge in [-0.2, -0.15) is 0 Å². The van der Waals surface area contributed by atoms with E-state index in [9.17, 15) is 9.59 Å². The van der Waals surface area contributed by atoms with Gasteiger partial charge in [0.05, 0.1) is 12.1 Å². The summed E-state index contributed by atoms with van der Waals surface area (Å²) in [7, 11) is 1.56. The molecule has 170 valence electrons. The van der Waals surface area contributed by atoms with Gasteiger partial charge in [-0.1, -0.05) is 41.9 Å². The van der Waals surface area contributed by atoms with Crippen molar-refractivity contribution in [2.45, 2.75) is 51.0 Å². The number of carbonyl (C=O) groups is 2. The Kier molecular flexibility index (Phi) is 5.98. The fraction of sp³-hybridized carbons (Fsp3) is 0.333. The molecule has 6 heteroatoms. The van der Waals surface area contributed by atoms with E-state index in [-0.39, 0.29) is 11.6 Å². The Hall–Kier alpha value is -3.05. The van der Waals surface area contributed by atoms with Crippen LogP contribution in [0.1, 0.15) is 55.6 Å². The minimum atomic E-state index is -0.487. The monoisotopic (exact) mass is 464 g/mol. The molecule has 0 saturated carbocycles. The van der Waals surface area contributed by atoms with Gasteiger partial charge in [0.25, 0.3) is 0 Å². The number of Topliss-reactive ketones (excluding diaryl/α,β-unsaturated/α-hetero) is 2. The zero-order valence-corrected chi connectivity index (χ0v) is 19.2. The Labute approximate surface area is 198 Å². The van der Waals surface area contributed by atoms with Crippen LogP contribution in [0.3, 0.4) is 0 Å². The van der Waals surface area contributed by atoms with Gasteiger partial charge in [-0.15, -0.1) is 0 Å². The molecule has 0 radical (unpaired) electrons. The Balaban J connectivity index is 1.57. The van der Waals surface area contributed by atoms with Crippen molar-refractivity contribution >= 4 is 23.2 Å². The van der Waals surface area contributed by atoms with Crippen LogP contribution in [0.25, 0.3) is 0 Å². The SMILES string of the molecule is COc1cc(C2C3=C(CCCC3=O)OC3=C2C(=O)CCC3)cc(Cl)c1OCc1ccccc1. The van der Waals surface area contributed by atoms with Gasteiger partial charge in [-0.05, 0) is 36.1 Å². The molecule has 3 aliphatic rings. The number of hydrogen-bond donors (Lipinski definition) is 0. The molecule has 0 atom stereocenters. The lowest BCUT2D eigenvalue weighted by atomic mass is 9.73. The van der Waals surface area contributed by atoms with Crippen molar-refractivity contribution in [1.29, 1.82) is 0 Å². The van der Waals surface area contributed by atoms with E-state index in [1.807, 2.05) is 36.4 Å². The van der Waals surface area contributed by atoms with E-state index in [2.05, 4.69) is 0 Å². The molecular weight excluding hydrogens is 440 g/mol. The van der Waals surface area contributed by atoms with Crippen LogP contribution in [0.2, 0.25) is 5.02 Å². The van der Waals surface area contributed by atoms with E-state index in [1.54, 1.807) is 13.2 Å². The molecule has 0 aromatic heterocycles. The molecule has 5 rings (SSSR count). The highest BCUT2D eigenvalue weighted by molar-refractivity contribution is 6.32. The van der Waals surface area contributed by atoms with Crippen LogP contribution in [0.5, 0.6) is 11.5 Å². The quantitative estimate of drug-likeness (QED) is 0.538. The van der Waals surface area contributed by atoms with Gasteiger partial charge in [0.2, 0.25) is 0 Å². The third kappa shape index (κ3) is 4.06. The molecule has 0 amide bonds. The van der Waals surface area contributed by atoms with E-state index in [0.717, 1.165) is 24.0 Å². The number of halogens is 1. The summed E-state index contributed by atoms with van der Waals surface area (Å²) < 4.78 is 17.7. The van der Waals surface area contributed by atoms with Crippen molar-refractivity contribution in [3.05, 3.63) is 81.3 Å². The second kappa shape index (κ2) is 9.06. The molecule has 33 heavy (non-hydrogen) atoms. The van der Waals surface area contributed by atoms with Crippen LogP contribution in [0.15, 0.2) is 65.1 Å². The fourth-order valence-electron chi connectivity index (χ4n) is 4.93. The van der Waals surface area contributed by atoms with Crippen LogP contribution in [0, 0.1) is 0 Å². The molecule has 0 fully saturated rings. The molecule has 1 heterocycles. The van der Waals surface area contributed by atoms with E-state index in [4.69, 9.17) is 25.8 Å². The summed E-state index contributed by atoms with van der Waals surface area (Å²) in [6.07, 6.45) is 3.84. The normalized spacial score (nSPS) is 18.6. The van der Waals surface area contributed by atoms with E-state index < -0.39 is 5.92 Å². The Bertz CT molecular complexity index is 1140. The highest BCUT2D eigenvalue weighted by atomic mass is 35.5. The second-order valence-electron chi connectivity index (χ2n) is 8.57. The minimum absolute atomic E-state index is 0.0330. The van der Waals surface area contributed by atoms with Crippen molar-refractivity contribution in [3.8, 4) is 11.5 Å². The van der Waals surface area contributed by atoms with Crippen LogP contribution < -0.4 is 9.47 Å². The summed E-state index contributed by atoms with van der Waals surface area (Å²) in [4.78, 5) is 26.0. The lowest BCUT2D eigenvalue weighted by molar-refractivity contribution is -0.117. The molecule has 5 nitrogen and oxygen atoms in total. The zero-order chi connectivity index (χ0) is 22.9. The third-order valence-electron chi connectivity index (χ3n) is 6.45. The van der Waals surface area contributed by atoms with Crippen LogP contribution >= 0.6 is 11.6 Å². The number of ketones is 2. The lowest BCUT2D eigenvalue weighted by Gasteiger charge is -2.36. The van der Waals surface area contributed by atoms with Crippen LogP contribution in [-0.2, 0) is 20.9 Å². The van der Waals surface area contributed by atoms with E-state index >= 15 is 0 Å². The molecule has 0 N–H and O–H groups in total. The summed E-state index contributed by atoms with van der Waals surface area (Å²) in [6, 6.07) is 13.4. The van der Waals surface area contributed by atoms with Crippen LogP contribution in [-0.4, -0.2) is 18.7 Å². The van der Waals surface area contributed by atoms with E-state index in [1.165, 1.54) is 0 Å². The Morgan fingerprint density at radius 2 is 1.58 bits per heavy atom. The fourth-order valence-corrected chi connectivity index (χ4v) is 5.20. The molecule has 2 aromatic carbocycles. The summed E-state index contributed by atoms with van der Waals surface area (Å²) in [5.74, 6) is 1.88. The summed E-state index contributed by atoms with van der Waals surface area (Å²) in [5, 5.41) is 0.377. The maximum absolute atomic E-state index is 13.0. The third-order valence-corrected chi connectivity index (χ3v) is 6.73. The first-order valence-corrected chi connectivity index (χ1v) is 11.7. The van der Waals surface area contributed by atoms with Crippen molar-refractivity contribution < 1.29 is 23.8 Å². The lowest BCUT2D eigenvalue weighted by Crippen LogP contribution is -2.30. The van der Waals surface area contributed by atoms with Gasteiger partial charge in [-0.25, -0.2) is 0 Å². The van der Waals surface area contributed by atoms with Gasteiger partial charge < -0.3 is 14.2 Å². The van der Waals surface area contributed by atoms with Crippen molar-refractivity contribution in [3.63, 3.8) is 0 Å². The molecule has 2 aliphatic carbocycles.